The summed E-state index contributed by atoms with van der Waals surface area (Å²) in [5.74, 6) is 5.90. The Kier molecular flexibility index (Phi) is 2.98. The van der Waals surface area contributed by atoms with Crippen molar-refractivity contribution in [2.45, 2.75) is 0 Å². The average Bonchev–Trinajstić information content (AvgIpc) is 2.81. The number of fused-ring (bicyclic) bond motifs is 1. The molecule has 2 aromatic heterocycles. The van der Waals surface area contributed by atoms with Crippen molar-refractivity contribution in [3.63, 3.8) is 0 Å². The Labute approximate surface area is 118 Å². The van der Waals surface area contributed by atoms with Crippen molar-refractivity contribution in [2.75, 3.05) is 5.43 Å². The number of nitrogen functional groups attached to an aromatic ring is 1. The van der Waals surface area contributed by atoms with Crippen molar-refractivity contribution in [3.8, 4) is 5.69 Å². The van der Waals surface area contributed by atoms with E-state index in [9.17, 15) is 0 Å². The summed E-state index contributed by atoms with van der Waals surface area (Å²) >= 11 is 12.0. The number of halogens is 2. The molecule has 0 saturated carbocycles. The van der Waals surface area contributed by atoms with Crippen LogP contribution in [0.1, 0.15) is 0 Å². The summed E-state index contributed by atoms with van der Waals surface area (Å²) in [7, 11) is 0. The number of rotatable bonds is 2. The van der Waals surface area contributed by atoms with E-state index < -0.39 is 0 Å². The van der Waals surface area contributed by atoms with Gasteiger partial charge in [0.2, 0.25) is 0 Å². The fourth-order valence-electron chi connectivity index (χ4n) is 1.81. The van der Waals surface area contributed by atoms with Gasteiger partial charge in [0.25, 0.3) is 0 Å². The number of hydrogen-bond donors (Lipinski definition) is 2. The fraction of sp³-hybridized carbons (Fsp3) is 0. The summed E-state index contributed by atoms with van der Waals surface area (Å²) in [6.07, 6.45) is 3.03. The zero-order valence-electron chi connectivity index (χ0n) is 9.51. The van der Waals surface area contributed by atoms with E-state index in [0.717, 1.165) is 0 Å². The molecule has 6 nitrogen and oxygen atoms in total. The second-order valence-corrected chi connectivity index (χ2v) is 4.66. The monoisotopic (exact) mass is 294 g/mol. The molecule has 96 valence electrons. The normalized spacial score (nSPS) is 10.9. The Morgan fingerprint density at radius 1 is 1.11 bits per heavy atom. The molecule has 0 atom stereocenters. The first-order valence-corrected chi connectivity index (χ1v) is 6.06. The number of anilines is 1. The standard InChI is InChI=1S/C11H8Cl2N6/c12-6-1-7(13)3-8(2-6)19-11-9(4-17-19)10(18-14)15-5-16-11/h1-5H,14H2,(H,15,16,18). The molecule has 1 aromatic carbocycles. The van der Waals surface area contributed by atoms with Crippen molar-refractivity contribution in [1.29, 1.82) is 0 Å². The van der Waals surface area contributed by atoms with Gasteiger partial charge in [-0.3, -0.25) is 0 Å². The summed E-state index contributed by atoms with van der Waals surface area (Å²) in [6, 6.07) is 5.15. The van der Waals surface area contributed by atoms with Crippen molar-refractivity contribution in [1.82, 2.24) is 19.7 Å². The minimum absolute atomic E-state index is 0.504. The molecule has 3 N–H and O–H groups in total. The zero-order valence-corrected chi connectivity index (χ0v) is 11.0. The van der Waals surface area contributed by atoms with Crippen LogP contribution in [0, 0.1) is 0 Å². The highest BCUT2D eigenvalue weighted by Crippen LogP contribution is 2.25. The molecule has 2 heterocycles. The Morgan fingerprint density at radius 2 is 1.84 bits per heavy atom. The van der Waals surface area contributed by atoms with Gasteiger partial charge >= 0.3 is 0 Å². The van der Waals surface area contributed by atoms with E-state index in [1.54, 1.807) is 29.1 Å². The lowest BCUT2D eigenvalue weighted by atomic mass is 10.3. The topological polar surface area (TPSA) is 81.7 Å². The Morgan fingerprint density at radius 3 is 2.53 bits per heavy atom. The quantitative estimate of drug-likeness (QED) is 0.560. The third kappa shape index (κ3) is 2.10. The van der Waals surface area contributed by atoms with E-state index in [4.69, 9.17) is 29.0 Å². The van der Waals surface area contributed by atoms with Crippen LogP contribution in [-0.2, 0) is 0 Å². The first-order chi connectivity index (χ1) is 9.19. The van der Waals surface area contributed by atoms with E-state index in [1.807, 2.05) is 0 Å². The Hall–Kier alpha value is -1.89. The highest BCUT2D eigenvalue weighted by molar-refractivity contribution is 6.34. The highest BCUT2D eigenvalue weighted by Gasteiger charge is 2.11. The van der Waals surface area contributed by atoms with Gasteiger partial charge < -0.3 is 5.43 Å². The number of hydrogen-bond acceptors (Lipinski definition) is 5. The summed E-state index contributed by atoms with van der Waals surface area (Å²) in [6.45, 7) is 0. The van der Waals surface area contributed by atoms with Crippen LogP contribution in [0.25, 0.3) is 16.7 Å². The molecular formula is C11H8Cl2N6. The van der Waals surface area contributed by atoms with Crippen molar-refractivity contribution in [2.24, 2.45) is 5.84 Å². The number of nitrogens with zero attached hydrogens (tertiary/aromatic N) is 4. The van der Waals surface area contributed by atoms with E-state index in [1.165, 1.54) is 6.33 Å². The number of nitrogens with one attached hydrogen (secondary N) is 1. The molecule has 3 rings (SSSR count). The maximum Gasteiger partial charge on any atom is 0.168 e. The molecule has 0 bridgehead atoms. The maximum absolute atomic E-state index is 5.99. The Bertz CT molecular complexity index is 734. The van der Waals surface area contributed by atoms with Gasteiger partial charge in [0, 0.05) is 10.0 Å². The molecule has 0 radical (unpaired) electrons. The summed E-state index contributed by atoms with van der Waals surface area (Å²) in [5.41, 5.74) is 3.83. The van der Waals surface area contributed by atoms with Crippen molar-refractivity contribution < 1.29 is 0 Å². The van der Waals surface area contributed by atoms with E-state index in [-0.39, 0.29) is 0 Å². The number of aromatic nitrogens is 4. The van der Waals surface area contributed by atoms with Crippen LogP contribution in [-0.4, -0.2) is 19.7 Å². The Balaban J connectivity index is 2.26. The van der Waals surface area contributed by atoms with Crippen LogP contribution in [0.4, 0.5) is 5.82 Å². The molecule has 0 aliphatic rings. The lowest BCUT2D eigenvalue weighted by Crippen LogP contribution is -2.09. The molecule has 0 amide bonds. The predicted octanol–water partition coefficient (Wildman–Crippen LogP) is 2.41. The molecular weight excluding hydrogens is 287 g/mol. The van der Waals surface area contributed by atoms with Crippen molar-refractivity contribution in [3.05, 3.63) is 40.8 Å². The highest BCUT2D eigenvalue weighted by atomic mass is 35.5. The van der Waals surface area contributed by atoms with E-state index in [2.05, 4.69) is 20.5 Å². The van der Waals surface area contributed by atoms with Crippen molar-refractivity contribution >= 4 is 40.1 Å². The van der Waals surface area contributed by atoms with E-state index >= 15 is 0 Å². The molecule has 0 aliphatic heterocycles. The maximum atomic E-state index is 5.99. The largest absolute Gasteiger partial charge is 0.308 e. The molecule has 19 heavy (non-hydrogen) atoms. The van der Waals surface area contributed by atoms with E-state index in [0.29, 0.717) is 32.6 Å². The fourth-order valence-corrected chi connectivity index (χ4v) is 2.32. The van der Waals surface area contributed by atoms with Gasteiger partial charge in [0.05, 0.1) is 17.3 Å². The van der Waals surface area contributed by atoms with Gasteiger partial charge in [-0.05, 0) is 18.2 Å². The second kappa shape index (κ2) is 4.65. The zero-order chi connectivity index (χ0) is 13.4. The SMILES string of the molecule is NNc1ncnc2c1cnn2-c1cc(Cl)cc(Cl)c1. The summed E-state index contributed by atoms with van der Waals surface area (Å²) in [4.78, 5) is 8.21. The second-order valence-electron chi connectivity index (χ2n) is 3.79. The van der Waals surface area contributed by atoms with Gasteiger partial charge in [-0.1, -0.05) is 23.2 Å². The van der Waals surface area contributed by atoms with Crippen LogP contribution in [0.2, 0.25) is 10.0 Å². The van der Waals surface area contributed by atoms with Gasteiger partial charge in [0.15, 0.2) is 11.5 Å². The molecule has 0 spiro atoms. The van der Waals surface area contributed by atoms with Crippen LogP contribution < -0.4 is 11.3 Å². The molecule has 0 aliphatic carbocycles. The third-order valence-corrected chi connectivity index (χ3v) is 3.03. The molecule has 0 fully saturated rings. The molecule has 3 aromatic rings. The molecule has 0 unspecified atom stereocenters. The summed E-state index contributed by atoms with van der Waals surface area (Å²) in [5, 5.41) is 6.02. The van der Waals surface area contributed by atoms with Crippen LogP contribution in [0.3, 0.4) is 0 Å². The minimum atomic E-state index is 0.504. The molecule has 8 heteroatoms. The third-order valence-electron chi connectivity index (χ3n) is 2.59. The number of benzene rings is 1. The number of nitrogens with two attached hydrogens (primary N) is 1. The predicted molar refractivity (Wildman–Crippen MR) is 74.5 cm³/mol. The smallest absolute Gasteiger partial charge is 0.168 e. The first kappa shape index (κ1) is 12.2. The van der Waals surface area contributed by atoms with Gasteiger partial charge in [-0.15, -0.1) is 0 Å². The van der Waals surface area contributed by atoms with Gasteiger partial charge in [-0.2, -0.15) is 5.10 Å². The minimum Gasteiger partial charge on any atom is -0.308 e. The lowest BCUT2D eigenvalue weighted by molar-refractivity contribution is 0.895. The number of hydrazine groups is 1. The van der Waals surface area contributed by atoms with Crippen LogP contribution >= 0.6 is 23.2 Å². The first-order valence-electron chi connectivity index (χ1n) is 5.31. The molecule has 0 saturated heterocycles. The summed E-state index contributed by atoms with van der Waals surface area (Å²) < 4.78 is 1.62. The average molecular weight is 295 g/mol. The van der Waals surface area contributed by atoms with Crippen LogP contribution in [0.5, 0.6) is 0 Å². The van der Waals surface area contributed by atoms with Crippen LogP contribution in [0.15, 0.2) is 30.7 Å². The van der Waals surface area contributed by atoms with Gasteiger partial charge in [0.1, 0.15) is 6.33 Å². The van der Waals surface area contributed by atoms with Gasteiger partial charge in [-0.25, -0.2) is 20.5 Å². The lowest BCUT2D eigenvalue weighted by Gasteiger charge is -2.05.